The van der Waals surface area contributed by atoms with Crippen molar-refractivity contribution in [1.29, 1.82) is 0 Å². The standard InChI is InChI=1S/C12H18N2/c1-2-11-7-6-8-12(13-11)14-9-4-3-5-10-14/h6-8H,2-5,9-10H2,1H3. The molecule has 1 fully saturated rings. The molecular formula is C12H18N2. The highest BCUT2D eigenvalue weighted by Gasteiger charge is 2.11. The summed E-state index contributed by atoms with van der Waals surface area (Å²) in [6.07, 6.45) is 5.04. The molecule has 1 aromatic heterocycles. The number of hydrogen-bond donors (Lipinski definition) is 0. The Labute approximate surface area is 86.0 Å². The predicted octanol–water partition coefficient (Wildman–Crippen LogP) is 2.63. The first-order valence-electron chi connectivity index (χ1n) is 5.61. The number of aromatic nitrogens is 1. The first kappa shape index (κ1) is 9.50. The molecule has 0 N–H and O–H groups in total. The van der Waals surface area contributed by atoms with Crippen LogP contribution in [0.2, 0.25) is 0 Å². The minimum Gasteiger partial charge on any atom is -0.357 e. The van der Waals surface area contributed by atoms with Gasteiger partial charge in [0, 0.05) is 18.8 Å². The maximum absolute atomic E-state index is 4.64. The van der Waals surface area contributed by atoms with Gasteiger partial charge in [-0.2, -0.15) is 0 Å². The highest BCUT2D eigenvalue weighted by molar-refractivity contribution is 5.39. The largest absolute Gasteiger partial charge is 0.357 e. The van der Waals surface area contributed by atoms with Gasteiger partial charge in [0.1, 0.15) is 5.82 Å². The molecule has 14 heavy (non-hydrogen) atoms. The van der Waals surface area contributed by atoms with Crippen LogP contribution >= 0.6 is 0 Å². The van der Waals surface area contributed by atoms with Crippen molar-refractivity contribution in [3.8, 4) is 0 Å². The average molecular weight is 190 g/mol. The molecule has 1 aliphatic heterocycles. The van der Waals surface area contributed by atoms with Crippen molar-refractivity contribution < 1.29 is 0 Å². The highest BCUT2D eigenvalue weighted by Crippen LogP contribution is 2.17. The van der Waals surface area contributed by atoms with E-state index in [-0.39, 0.29) is 0 Å². The van der Waals surface area contributed by atoms with Crippen LogP contribution < -0.4 is 4.90 Å². The van der Waals surface area contributed by atoms with Crippen LogP contribution in [0.25, 0.3) is 0 Å². The normalized spacial score (nSPS) is 17.1. The Morgan fingerprint density at radius 3 is 2.71 bits per heavy atom. The van der Waals surface area contributed by atoms with Crippen LogP contribution in [-0.4, -0.2) is 18.1 Å². The van der Waals surface area contributed by atoms with Crippen molar-refractivity contribution in [3.63, 3.8) is 0 Å². The van der Waals surface area contributed by atoms with Crippen LogP contribution in [0, 0.1) is 0 Å². The van der Waals surface area contributed by atoms with E-state index in [0.29, 0.717) is 0 Å². The molecule has 0 amide bonds. The Morgan fingerprint density at radius 2 is 2.00 bits per heavy atom. The second kappa shape index (κ2) is 4.45. The summed E-state index contributed by atoms with van der Waals surface area (Å²) in [5.74, 6) is 1.17. The Balaban J connectivity index is 2.13. The molecule has 0 bridgehead atoms. The molecule has 0 atom stereocenters. The van der Waals surface area contributed by atoms with Crippen molar-refractivity contribution in [3.05, 3.63) is 23.9 Å². The molecule has 0 aliphatic carbocycles. The molecule has 0 aromatic carbocycles. The van der Waals surface area contributed by atoms with Crippen LogP contribution in [0.5, 0.6) is 0 Å². The van der Waals surface area contributed by atoms with Crippen LogP contribution in [0.1, 0.15) is 31.9 Å². The maximum atomic E-state index is 4.64. The van der Waals surface area contributed by atoms with Gasteiger partial charge in [-0.05, 0) is 37.8 Å². The summed E-state index contributed by atoms with van der Waals surface area (Å²) in [6, 6.07) is 6.35. The number of anilines is 1. The van der Waals surface area contributed by atoms with Gasteiger partial charge < -0.3 is 4.90 Å². The number of piperidine rings is 1. The zero-order valence-electron chi connectivity index (χ0n) is 8.87. The fourth-order valence-electron chi connectivity index (χ4n) is 1.96. The summed E-state index contributed by atoms with van der Waals surface area (Å²) >= 11 is 0. The van der Waals surface area contributed by atoms with Crippen molar-refractivity contribution in [1.82, 2.24) is 4.98 Å². The molecule has 1 aliphatic rings. The van der Waals surface area contributed by atoms with Gasteiger partial charge in [0.15, 0.2) is 0 Å². The molecule has 2 heteroatoms. The molecular weight excluding hydrogens is 172 g/mol. The molecule has 0 unspecified atom stereocenters. The van der Waals surface area contributed by atoms with Gasteiger partial charge in [-0.3, -0.25) is 0 Å². The van der Waals surface area contributed by atoms with Crippen molar-refractivity contribution >= 4 is 5.82 Å². The molecule has 0 spiro atoms. The number of hydrogen-bond acceptors (Lipinski definition) is 2. The summed E-state index contributed by atoms with van der Waals surface area (Å²) in [5.41, 5.74) is 1.20. The molecule has 2 heterocycles. The van der Waals surface area contributed by atoms with E-state index in [1.54, 1.807) is 0 Å². The van der Waals surface area contributed by atoms with Crippen LogP contribution in [0.4, 0.5) is 5.82 Å². The lowest BCUT2D eigenvalue weighted by molar-refractivity contribution is 0.573. The van der Waals surface area contributed by atoms with Crippen LogP contribution in [0.15, 0.2) is 18.2 Å². The van der Waals surface area contributed by atoms with Gasteiger partial charge in [-0.25, -0.2) is 4.98 Å². The van der Waals surface area contributed by atoms with E-state index in [2.05, 4.69) is 35.0 Å². The van der Waals surface area contributed by atoms with Gasteiger partial charge in [0.25, 0.3) is 0 Å². The lowest BCUT2D eigenvalue weighted by Gasteiger charge is -2.27. The fourth-order valence-corrected chi connectivity index (χ4v) is 1.96. The van der Waals surface area contributed by atoms with Gasteiger partial charge in [0.05, 0.1) is 0 Å². The van der Waals surface area contributed by atoms with Crippen LogP contribution in [-0.2, 0) is 6.42 Å². The quantitative estimate of drug-likeness (QED) is 0.712. The van der Waals surface area contributed by atoms with Crippen molar-refractivity contribution in [2.75, 3.05) is 18.0 Å². The average Bonchev–Trinajstić information content (AvgIpc) is 2.30. The smallest absolute Gasteiger partial charge is 0.128 e. The van der Waals surface area contributed by atoms with E-state index in [0.717, 1.165) is 6.42 Å². The molecule has 2 rings (SSSR count). The Morgan fingerprint density at radius 1 is 1.21 bits per heavy atom. The van der Waals surface area contributed by atoms with E-state index in [1.165, 1.54) is 43.9 Å². The Hall–Kier alpha value is -1.05. The summed E-state index contributed by atoms with van der Waals surface area (Å²) < 4.78 is 0. The van der Waals surface area contributed by atoms with Gasteiger partial charge in [-0.15, -0.1) is 0 Å². The van der Waals surface area contributed by atoms with E-state index in [9.17, 15) is 0 Å². The van der Waals surface area contributed by atoms with E-state index in [4.69, 9.17) is 0 Å². The van der Waals surface area contributed by atoms with Gasteiger partial charge in [-0.1, -0.05) is 13.0 Å². The molecule has 76 valence electrons. The zero-order chi connectivity index (χ0) is 9.80. The lowest BCUT2D eigenvalue weighted by atomic mass is 10.1. The molecule has 0 saturated carbocycles. The number of aryl methyl sites for hydroxylation is 1. The molecule has 2 nitrogen and oxygen atoms in total. The van der Waals surface area contributed by atoms with Gasteiger partial charge in [0.2, 0.25) is 0 Å². The topological polar surface area (TPSA) is 16.1 Å². The SMILES string of the molecule is CCc1cccc(N2CCCCC2)n1. The summed E-state index contributed by atoms with van der Waals surface area (Å²) in [4.78, 5) is 7.05. The Bertz CT molecular complexity index is 290. The second-order valence-corrected chi connectivity index (χ2v) is 3.89. The summed E-state index contributed by atoms with van der Waals surface area (Å²) in [6.45, 7) is 4.52. The Kier molecular flexibility index (Phi) is 3.02. The second-order valence-electron chi connectivity index (χ2n) is 3.89. The molecule has 1 saturated heterocycles. The fraction of sp³-hybridized carbons (Fsp3) is 0.583. The van der Waals surface area contributed by atoms with Crippen molar-refractivity contribution in [2.24, 2.45) is 0 Å². The predicted molar refractivity (Wildman–Crippen MR) is 59.7 cm³/mol. The third-order valence-corrected chi connectivity index (χ3v) is 2.83. The number of rotatable bonds is 2. The van der Waals surface area contributed by atoms with Crippen LogP contribution in [0.3, 0.4) is 0 Å². The third kappa shape index (κ3) is 2.06. The zero-order valence-corrected chi connectivity index (χ0v) is 8.87. The maximum Gasteiger partial charge on any atom is 0.128 e. The van der Waals surface area contributed by atoms with Crippen molar-refractivity contribution in [2.45, 2.75) is 32.6 Å². The minimum atomic E-state index is 1.03. The minimum absolute atomic E-state index is 1.03. The lowest BCUT2D eigenvalue weighted by Crippen LogP contribution is -2.30. The molecule has 1 aromatic rings. The first-order valence-corrected chi connectivity index (χ1v) is 5.61. The van der Waals surface area contributed by atoms with E-state index >= 15 is 0 Å². The summed E-state index contributed by atoms with van der Waals surface area (Å²) in [5, 5.41) is 0. The first-order chi connectivity index (χ1) is 6.90. The highest BCUT2D eigenvalue weighted by atomic mass is 15.2. The molecule has 0 radical (unpaired) electrons. The summed E-state index contributed by atoms with van der Waals surface area (Å²) in [7, 11) is 0. The monoisotopic (exact) mass is 190 g/mol. The van der Waals surface area contributed by atoms with Gasteiger partial charge >= 0.3 is 0 Å². The third-order valence-electron chi connectivity index (χ3n) is 2.83. The number of pyridine rings is 1. The van der Waals surface area contributed by atoms with E-state index < -0.39 is 0 Å². The number of nitrogens with zero attached hydrogens (tertiary/aromatic N) is 2. The van der Waals surface area contributed by atoms with E-state index in [1.807, 2.05) is 0 Å².